The number of thiazole rings is 1. The molecule has 1 aromatic carbocycles. The second-order valence-electron chi connectivity index (χ2n) is 5.57. The van der Waals surface area contributed by atoms with Crippen LogP contribution in [0.3, 0.4) is 0 Å². The fourth-order valence-corrected chi connectivity index (χ4v) is 3.07. The van der Waals surface area contributed by atoms with Crippen molar-refractivity contribution < 1.29 is 9.21 Å². The summed E-state index contributed by atoms with van der Waals surface area (Å²) in [5, 5.41) is 6.97. The van der Waals surface area contributed by atoms with Crippen molar-refractivity contribution >= 4 is 28.3 Å². The number of aryl methyl sites for hydroxylation is 1. The van der Waals surface area contributed by atoms with Crippen molar-refractivity contribution in [2.45, 2.75) is 26.4 Å². The Hall–Kier alpha value is -2.34. The largest absolute Gasteiger partial charge is 0.459 e. The lowest BCUT2D eigenvalue weighted by molar-refractivity contribution is 0.200. The van der Waals surface area contributed by atoms with Crippen LogP contribution in [0, 0.1) is 6.92 Å². The van der Waals surface area contributed by atoms with Crippen molar-refractivity contribution in [2.75, 3.05) is 7.05 Å². The molecule has 1 unspecified atom stereocenters. The molecule has 23 heavy (non-hydrogen) atoms. The first-order chi connectivity index (χ1) is 11.0. The number of carbonyl (C=O) groups excluding carboxylic acids is 1. The van der Waals surface area contributed by atoms with E-state index in [0.717, 1.165) is 27.4 Å². The molecule has 5 nitrogen and oxygen atoms in total. The number of fused-ring (bicyclic) bond motifs is 1. The minimum absolute atomic E-state index is 0.120. The lowest BCUT2D eigenvalue weighted by Gasteiger charge is -2.19. The van der Waals surface area contributed by atoms with Gasteiger partial charge in [-0.3, -0.25) is 0 Å². The van der Waals surface area contributed by atoms with E-state index in [9.17, 15) is 4.79 Å². The van der Waals surface area contributed by atoms with Crippen molar-refractivity contribution in [3.8, 4) is 0 Å². The minimum atomic E-state index is -0.149. The molecule has 2 aromatic heterocycles. The van der Waals surface area contributed by atoms with Crippen molar-refractivity contribution in [3.63, 3.8) is 0 Å². The van der Waals surface area contributed by atoms with Gasteiger partial charge in [0.15, 0.2) is 0 Å². The van der Waals surface area contributed by atoms with Gasteiger partial charge >= 0.3 is 6.03 Å². The molecule has 0 aliphatic rings. The van der Waals surface area contributed by atoms with Crippen LogP contribution in [0.15, 0.2) is 40.1 Å². The molecule has 120 valence electrons. The molecule has 0 bridgehead atoms. The molecular weight excluding hydrogens is 310 g/mol. The first kappa shape index (κ1) is 15.6. The summed E-state index contributed by atoms with van der Waals surface area (Å²) in [4.78, 5) is 18.3. The van der Waals surface area contributed by atoms with E-state index in [4.69, 9.17) is 4.42 Å². The number of para-hydroxylation sites is 1. The van der Waals surface area contributed by atoms with E-state index in [-0.39, 0.29) is 12.1 Å². The third kappa shape index (κ3) is 3.53. The summed E-state index contributed by atoms with van der Waals surface area (Å²) in [6.07, 6.45) is 0. The number of amides is 2. The minimum Gasteiger partial charge on any atom is -0.459 e. The number of rotatable bonds is 4. The Bertz CT molecular complexity index is 791. The molecule has 6 heteroatoms. The number of urea groups is 1. The number of benzene rings is 1. The maximum absolute atomic E-state index is 12.3. The molecule has 1 N–H and O–H groups in total. The number of aromatic nitrogens is 1. The van der Waals surface area contributed by atoms with E-state index in [0.29, 0.717) is 6.54 Å². The Morgan fingerprint density at radius 3 is 2.91 bits per heavy atom. The molecule has 1 atom stereocenters. The maximum atomic E-state index is 12.3. The summed E-state index contributed by atoms with van der Waals surface area (Å²) in [6.45, 7) is 4.31. The van der Waals surface area contributed by atoms with Crippen molar-refractivity contribution in [2.24, 2.45) is 0 Å². The average Bonchev–Trinajstić information content (AvgIpc) is 3.12. The van der Waals surface area contributed by atoms with Gasteiger partial charge < -0.3 is 14.6 Å². The average molecular weight is 329 g/mol. The van der Waals surface area contributed by atoms with Gasteiger partial charge in [-0.25, -0.2) is 9.78 Å². The van der Waals surface area contributed by atoms with Crippen LogP contribution in [0.4, 0.5) is 4.79 Å². The lowest BCUT2D eigenvalue weighted by atomic mass is 10.2. The summed E-state index contributed by atoms with van der Waals surface area (Å²) in [5.74, 6) is 0.765. The van der Waals surface area contributed by atoms with Crippen LogP contribution in [0.25, 0.3) is 11.0 Å². The molecule has 0 spiro atoms. The SMILES string of the molecule is Cc1nc(C(C)NC(=O)N(C)Cc2cc3ccccc3o2)cs1. The Balaban J connectivity index is 1.63. The number of nitrogens with zero attached hydrogens (tertiary/aromatic N) is 2. The van der Waals surface area contributed by atoms with Gasteiger partial charge in [-0.15, -0.1) is 11.3 Å². The quantitative estimate of drug-likeness (QED) is 0.784. The highest BCUT2D eigenvalue weighted by atomic mass is 32.1. The van der Waals surface area contributed by atoms with Gasteiger partial charge in [0.2, 0.25) is 0 Å². The monoisotopic (exact) mass is 329 g/mol. The number of hydrogen-bond acceptors (Lipinski definition) is 4. The normalized spacial score (nSPS) is 12.3. The summed E-state index contributed by atoms with van der Waals surface area (Å²) in [7, 11) is 1.75. The maximum Gasteiger partial charge on any atom is 0.318 e. The van der Waals surface area contributed by atoms with Gasteiger partial charge in [0, 0.05) is 17.8 Å². The molecule has 3 aromatic rings. The topological polar surface area (TPSA) is 58.4 Å². The van der Waals surface area contributed by atoms with Gasteiger partial charge in [0.05, 0.1) is 23.3 Å². The summed E-state index contributed by atoms with van der Waals surface area (Å²) >= 11 is 1.58. The second-order valence-corrected chi connectivity index (χ2v) is 6.63. The van der Waals surface area contributed by atoms with Crippen LogP contribution < -0.4 is 5.32 Å². The molecule has 0 radical (unpaired) electrons. The molecule has 0 aliphatic carbocycles. The fraction of sp³-hybridized carbons (Fsp3) is 0.294. The predicted molar refractivity (Wildman–Crippen MR) is 91.5 cm³/mol. The first-order valence-electron chi connectivity index (χ1n) is 7.44. The highest BCUT2D eigenvalue weighted by Gasteiger charge is 2.16. The third-order valence-electron chi connectivity index (χ3n) is 3.64. The Morgan fingerprint density at radius 2 is 2.22 bits per heavy atom. The Kier molecular flexibility index (Phi) is 4.34. The molecule has 0 aliphatic heterocycles. The molecular formula is C17H19N3O2S. The van der Waals surface area contributed by atoms with E-state index < -0.39 is 0 Å². The van der Waals surface area contributed by atoms with Gasteiger partial charge in [-0.1, -0.05) is 18.2 Å². The van der Waals surface area contributed by atoms with Gasteiger partial charge in [-0.05, 0) is 26.0 Å². The van der Waals surface area contributed by atoms with E-state index in [1.807, 2.05) is 49.6 Å². The van der Waals surface area contributed by atoms with Crippen molar-refractivity contribution in [3.05, 3.63) is 52.2 Å². The number of hydrogen-bond donors (Lipinski definition) is 1. The van der Waals surface area contributed by atoms with E-state index >= 15 is 0 Å². The molecule has 2 heterocycles. The van der Waals surface area contributed by atoms with Gasteiger partial charge in [0.25, 0.3) is 0 Å². The van der Waals surface area contributed by atoms with Crippen LogP contribution in [0.5, 0.6) is 0 Å². The highest BCUT2D eigenvalue weighted by molar-refractivity contribution is 7.09. The van der Waals surface area contributed by atoms with Crippen molar-refractivity contribution in [1.29, 1.82) is 0 Å². The third-order valence-corrected chi connectivity index (χ3v) is 4.43. The Labute approximate surface area is 138 Å². The first-order valence-corrected chi connectivity index (χ1v) is 8.32. The molecule has 2 amide bonds. The van der Waals surface area contributed by atoms with Crippen LogP contribution in [-0.2, 0) is 6.54 Å². The molecule has 0 fully saturated rings. The van der Waals surface area contributed by atoms with E-state index in [2.05, 4.69) is 10.3 Å². The number of carbonyl (C=O) groups is 1. The highest BCUT2D eigenvalue weighted by Crippen LogP contribution is 2.20. The molecule has 0 saturated carbocycles. The smallest absolute Gasteiger partial charge is 0.318 e. The summed E-state index contributed by atoms with van der Waals surface area (Å²) < 4.78 is 5.75. The van der Waals surface area contributed by atoms with E-state index in [1.165, 1.54) is 0 Å². The molecule has 0 saturated heterocycles. The lowest BCUT2D eigenvalue weighted by Crippen LogP contribution is -2.38. The van der Waals surface area contributed by atoms with E-state index in [1.54, 1.807) is 23.3 Å². The predicted octanol–water partition coefficient (Wildman–Crippen LogP) is 4.10. The zero-order valence-corrected chi connectivity index (χ0v) is 14.2. The summed E-state index contributed by atoms with van der Waals surface area (Å²) in [5.41, 5.74) is 1.72. The number of furan rings is 1. The van der Waals surface area contributed by atoms with Crippen LogP contribution >= 0.6 is 11.3 Å². The summed E-state index contributed by atoms with van der Waals surface area (Å²) in [6, 6.07) is 9.51. The van der Waals surface area contributed by atoms with Gasteiger partial charge in [0.1, 0.15) is 11.3 Å². The zero-order chi connectivity index (χ0) is 16.4. The standard InChI is InChI=1S/C17H19N3O2S/c1-11(15-10-23-12(2)19-15)18-17(21)20(3)9-14-8-13-6-4-5-7-16(13)22-14/h4-8,10-11H,9H2,1-3H3,(H,18,21). The zero-order valence-electron chi connectivity index (χ0n) is 13.4. The second kappa shape index (κ2) is 6.42. The van der Waals surface area contributed by atoms with Crippen LogP contribution in [-0.4, -0.2) is 23.0 Å². The Morgan fingerprint density at radius 1 is 1.43 bits per heavy atom. The van der Waals surface area contributed by atoms with Crippen LogP contribution in [0.1, 0.15) is 29.4 Å². The molecule has 3 rings (SSSR count). The fourth-order valence-electron chi connectivity index (χ4n) is 2.37. The van der Waals surface area contributed by atoms with Crippen LogP contribution in [0.2, 0.25) is 0 Å². The van der Waals surface area contributed by atoms with Crippen molar-refractivity contribution in [1.82, 2.24) is 15.2 Å². The number of nitrogens with one attached hydrogen (secondary N) is 1. The van der Waals surface area contributed by atoms with Gasteiger partial charge in [-0.2, -0.15) is 0 Å².